The van der Waals surface area contributed by atoms with Gasteiger partial charge in [-0.2, -0.15) is 0 Å². The van der Waals surface area contributed by atoms with Crippen molar-refractivity contribution in [2.24, 2.45) is 0 Å². The van der Waals surface area contributed by atoms with Crippen molar-refractivity contribution in [3.63, 3.8) is 0 Å². The Labute approximate surface area is 140 Å². The van der Waals surface area contributed by atoms with Gasteiger partial charge in [-0.25, -0.2) is 0 Å². The maximum Gasteiger partial charge on any atom is 0.159 e. The van der Waals surface area contributed by atoms with Crippen molar-refractivity contribution in [1.82, 2.24) is 10.2 Å². The summed E-state index contributed by atoms with van der Waals surface area (Å²) < 4.78 is 0. The van der Waals surface area contributed by atoms with Crippen LogP contribution in [0, 0.1) is 0 Å². The summed E-state index contributed by atoms with van der Waals surface area (Å²) in [5, 5.41) is 13.7. The Balaban J connectivity index is 1.76. The molecule has 0 saturated carbocycles. The molecule has 5 heteroatoms. The number of nitrogens with zero attached hydrogens (tertiary/aromatic N) is 3. The van der Waals surface area contributed by atoms with Crippen molar-refractivity contribution in [3.8, 4) is 10.6 Å². The molecule has 3 heterocycles. The number of benzene rings is 1. The molecule has 1 N–H and O–H groups in total. The number of rotatable bonds is 3. The lowest BCUT2D eigenvalue weighted by molar-refractivity contribution is -0.898. The minimum absolute atomic E-state index is 0.997. The van der Waals surface area contributed by atoms with Gasteiger partial charge in [0.15, 0.2) is 5.82 Å². The van der Waals surface area contributed by atoms with Crippen LogP contribution in [0.2, 0.25) is 0 Å². The van der Waals surface area contributed by atoms with Crippen LogP contribution in [0.15, 0.2) is 41.8 Å². The molecule has 118 valence electrons. The molecule has 1 saturated heterocycles. The van der Waals surface area contributed by atoms with Crippen molar-refractivity contribution < 1.29 is 4.90 Å². The summed E-state index contributed by atoms with van der Waals surface area (Å²) in [6.45, 7) is 7.94. The smallest absolute Gasteiger partial charge is 0.159 e. The molecule has 4 rings (SSSR count). The summed E-state index contributed by atoms with van der Waals surface area (Å²) in [5.74, 6) is 1.04. The Kier molecular flexibility index (Phi) is 3.97. The van der Waals surface area contributed by atoms with Gasteiger partial charge in [-0.05, 0) is 18.4 Å². The predicted octanol–water partition coefficient (Wildman–Crippen LogP) is 2.08. The molecular formula is C18H21N4S+. The van der Waals surface area contributed by atoms with Crippen LogP contribution in [0.5, 0.6) is 0 Å². The monoisotopic (exact) mass is 325 g/mol. The Hall–Kier alpha value is -1.98. The van der Waals surface area contributed by atoms with Gasteiger partial charge in [-0.3, -0.25) is 0 Å². The zero-order chi connectivity index (χ0) is 15.6. The average molecular weight is 325 g/mol. The van der Waals surface area contributed by atoms with Crippen molar-refractivity contribution in [2.45, 2.75) is 6.92 Å². The third kappa shape index (κ3) is 2.71. The summed E-state index contributed by atoms with van der Waals surface area (Å²) >= 11 is 1.72. The van der Waals surface area contributed by atoms with E-state index in [-0.39, 0.29) is 0 Å². The maximum absolute atomic E-state index is 4.61. The molecule has 4 nitrogen and oxygen atoms in total. The van der Waals surface area contributed by atoms with Crippen molar-refractivity contribution in [2.75, 3.05) is 37.6 Å². The van der Waals surface area contributed by atoms with Gasteiger partial charge in [0.05, 0.1) is 37.6 Å². The van der Waals surface area contributed by atoms with Gasteiger partial charge in [-0.15, -0.1) is 21.5 Å². The normalized spacial score (nSPS) is 16.1. The highest BCUT2D eigenvalue weighted by Crippen LogP contribution is 2.33. The van der Waals surface area contributed by atoms with E-state index >= 15 is 0 Å². The van der Waals surface area contributed by atoms with E-state index in [1.807, 2.05) is 0 Å². The number of quaternary nitrogens is 1. The quantitative estimate of drug-likeness (QED) is 0.800. The second kappa shape index (κ2) is 6.26. The molecule has 0 bridgehead atoms. The molecular weight excluding hydrogens is 304 g/mol. The van der Waals surface area contributed by atoms with Crippen LogP contribution in [0.1, 0.15) is 6.92 Å². The molecule has 0 atom stereocenters. The Morgan fingerprint density at radius 3 is 2.52 bits per heavy atom. The lowest BCUT2D eigenvalue weighted by atomic mass is 10.1. The van der Waals surface area contributed by atoms with E-state index in [4.69, 9.17) is 0 Å². The van der Waals surface area contributed by atoms with Crippen LogP contribution in [0.4, 0.5) is 5.82 Å². The summed E-state index contributed by atoms with van der Waals surface area (Å²) in [5.41, 5.74) is 0.997. The molecule has 0 unspecified atom stereocenters. The van der Waals surface area contributed by atoms with Crippen LogP contribution in [-0.2, 0) is 0 Å². The van der Waals surface area contributed by atoms with Gasteiger partial charge < -0.3 is 9.80 Å². The zero-order valence-electron chi connectivity index (χ0n) is 13.3. The van der Waals surface area contributed by atoms with E-state index in [1.54, 1.807) is 16.2 Å². The number of likely N-dealkylation sites (N-methyl/N-ethyl adjacent to an activating group) is 1. The first-order valence-electron chi connectivity index (χ1n) is 8.24. The molecule has 2 aromatic heterocycles. The van der Waals surface area contributed by atoms with Gasteiger partial charge >= 0.3 is 0 Å². The molecule has 23 heavy (non-hydrogen) atoms. The molecule has 0 aliphatic carbocycles. The van der Waals surface area contributed by atoms with Crippen molar-refractivity contribution in [1.29, 1.82) is 0 Å². The summed E-state index contributed by atoms with van der Waals surface area (Å²) in [7, 11) is 0. The highest BCUT2D eigenvalue weighted by atomic mass is 32.1. The Morgan fingerprint density at radius 1 is 1.04 bits per heavy atom. The van der Waals surface area contributed by atoms with Crippen LogP contribution in [0.3, 0.4) is 0 Å². The van der Waals surface area contributed by atoms with Gasteiger partial charge in [-0.1, -0.05) is 30.3 Å². The molecule has 1 aromatic carbocycles. The van der Waals surface area contributed by atoms with E-state index in [0.717, 1.165) is 24.6 Å². The Morgan fingerprint density at radius 2 is 1.83 bits per heavy atom. The molecule has 0 spiro atoms. The number of fused-ring (bicyclic) bond motifs is 1. The maximum atomic E-state index is 4.61. The predicted molar refractivity (Wildman–Crippen MR) is 96.3 cm³/mol. The molecule has 0 radical (unpaired) electrons. The number of thiophene rings is 1. The number of piperazine rings is 1. The standard InChI is InChI=1S/C18H20N4S/c1-2-21-9-11-22(12-10-21)18-15-7-4-3-6-14(15)17(19-20-18)16-8-5-13-23-16/h3-8,13H,2,9-12H2,1H3/p+1. The lowest BCUT2D eigenvalue weighted by Gasteiger charge is -2.32. The fourth-order valence-corrected chi connectivity index (χ4v) is 4.03. The fraction of sp³-hybridized carbons (Fsp3) is 0.333. The van der Waals surface area contributed by atoms with Crippen molar-refractivity contribution in [3.05, 3.63) is 41.8 Å². The topological polar surface area (TPSA) is 33.5 Å². The van der Waals surface area contributed by atoms with Gasteiger partial charge in [0.1, 0.15) is 5.69 Å². The van der Waals surface area contributed by atoms with Crippen LogP contribution >= 0.6 is 11.3 Å². The van der Waals surface area contributed by atoms with Crippen LogP contribution in [0.25, 0.3) is 21.3 Å². The third-order valence-corrected chi connectivity index (χ3v) is 5.57. The summed E-state index contributed by atoms with van der Waals surface area (Å²) in [4.78, 5) is 5.25. The van der Waals surface area contributed by atoms with E-state index in [1.165, 1.54) is 35.3 Å². The zero-order valence-corrected chi connectivity index (χ0v) is 14.1. The minimum atomic E-state index is 0.997. The van der Waals surface area contributed by atoms with E-state index in [9.17, 15) is 0 Å². The number of hydrogen-bond acceptors (Lipinski definition) is 4. The van der Waals surface area contributed by atoms with E-state index in [0.29, 0.717) is 0 Å². The summed E-state index contributed by atoms with van der Waals surface area (Å²) in [6.07, 6.45) is 0. The Bertz CT molecular complexity index is 792. The second-order valence-electron chi connectivity index (χ2n) is 5.99. The molecule has 0 amide bonds. The molecule has 1 aliphatic heterocycles. The molecule has 1 aliphatic rings. The average Bonchev–Trinajstić information content (AvgIpc) is 3.15. The first kappa shape index (κ1) is 14.6. The SMILES string of the molecule is CC[NH+]1CCN(c2nnc(-c3cccs3)c3ccccc23)CC1. The minimum Gasteiger partial charge on any atom is -0.343 e. The number of nitrogens with one attached hydrogen (secondary N) is 1. The van der Waals surface area contributed by atoms with Gasteiger partial charge in [0.25, 0.3) is 0 Å². The van der Waals surface area contributed by atoms with Gasteiger partial charge in [0.2, 0.25) is 0 Å². The first-order valence-corrected chi connectivity index (χ1v) is 9.12. The highest BCUT2D eigenvalue weighted by molar-refractivity contribution is 7.13. The first-order chi connectivity index (χ1) is 11.4. The van der Waals surface area contributed by atoms with E-state index < -0.39 is 0 Å². The van der Waals surface area contributed by atoms with Crippen molar-refractivity contribution >= 4 is 27.9 Å². The number of hydrogen-bond donors (Lipinski definition) is 1. The number of aromatic nitrogens is 2. The highest BCUT2D eigenvalue weighted by Gasteiger charge is 2.22. The van der Waals surface area contributed by atoms with E-state index in [2.05, 4.69) is 63.8 Å². The van der Waals surface area contributed by atoms with Crippen LogP contribution < -0.4 is 9.80 Å². The molecule has 3 aromatic rings. The van der Waals surface area contributed by atoms with Crippen LogP contribution in [-0.4, -0.2) is 42.9 Å². The lowest BCUT2D eigenvalue weighted by Crippen LogP contribution is -3.14. The fourth-order valence-electron chi connectivity index (χ4n) is 3.31. The van der Waals surface area contributed by atoms with Gasteiger partial charge in [0, 0.05) is 10.8 Å². The second-order valence-corrected chi connectivity index (χ2v) is 6.93. The third-order valence-electron chi connectivity index (χ3n) is 4.69. The largest absolute Gasteiger partial charge is 0.343 e. The molecule has 1 fully saturated rings. The summed E-state index contributed by atoms with van der Waals surface area (Å²) in [6, 6.07) is 12.7. The number of anilines is 1.